The summed E-state index contributed by atoms with van der Waals surface area (Å²) >= 11 is 0. The first-order valence-electron chi connectivity index (χ1n) is 17.5. The van der Waals surface area contributed by atoms with Crippen molar-refractivity contribution in [2.24, 2.45) is 0 Å². The Morgan fingerprint density at radius 1 is 0.353 bits per heavy atom. The van der Waals surface area contributed by atoms with E-state index in [1.165, 1.54) is 44.0 Å². The van der Waals surface area contributed by atoms with Crippen molar-refractivity contribution >= 4 is 32.3 Å². The number of aromatic nitrogens is 3. The number of rotatable bonds is 4. The molecule has 0 fully saturated rings. The Labute approximate surface area is 297 Å². The average molecular weight is 652 g/mol. The highest BCUT2D eigenvalue weighted by Crippen LogP contribution is 2.52. The third-order valence-corrected chi connectivity index (χ3v) is 10.7. The van der Waals surface area contributed by atoms with E-state index in [4.69, 9.17) is 15.0 Å². The lowest BCUT2D eigenvalue weighted by molar-refractivity contribution is 0.660. The molecular formula is C48H33N3. The molecule has 0 N–H and O–H groups in total. The standard InChI is InChI=1S/C48H33N3/c1-48(2)41-24-11-10-22-39(41)43-36(23-13-25-42(43)48)32-18-12-19-34(28-32)46-49-45(31-15-4-3-5-16-31)50-47(51-46)44-37-21-9-7-17-33(37)29-40-35-20-8-6-14-30(35)26-27-38(40)44/h3-29H,1-2H3. The molecule has 9 aromatic rings. The molecular weight excluding hydrogens is 619 g/mol. The van der Waals surface area contributed by atoms with Crippen molar-refractivity contribution in [2.45, 2.75) is 19.3 Å². The SMILES string of the molecule is CC1(C)c2ccccc2-c2c(-c3cccc(-c4nc(-c5ccccc5)nc(-c5c6ccccc6cc6c5ccc5ccccc56)n4)c3)cccc21. The van der Waals surface area contributed by atoms with Crippen LogP contribution in [0.2, 0.25) is 0 Å². The van der Waals surface area contributed by atoms with Crippen molar-refractivity contribution < 1.29 is 0 Å². The first-order valence-corrected chi connectivity index (χ1v) is 17.5. The maximum absolute atomic E-state index is 5.32. The lowest BCUT2D eigenvalue weighted by Crippen LogP contribution is -2.14. The van der Waals surface area contributed by atoms with Crippen LogP contribution < -0.4 is 0 Å². The molecule has 0 aliphatic heterocycles. The molecule has 10 rings (SSSR count). The van der Waals surface area contributed by atoms with Gasteiger partial charge in [0.05, 0.1) is 0 Å². The monoisotopic (exact) mass is 651 g/mol. The van der Waals surface area contributed by atoms with Crippen LogP contribution in [-0.2, 0) is 5.41 Å². The number of nitrogens with zero attached hydrogens (tertiary/aromatic N) is 3. The van der Waals surface area contributed by atoms with Gasteiger partial charge in [-0.25, -0.2) is 15.0 Å². The number of hydrogen-bond acceptors (Lipinski definition) is 3. The molecule has 1 heterocycles. The second-order valence-electron chi connectivity index (χ2n) is 14.0. The molecule has 0 saturated carbocycles. The number of hydrogen-bond donors (Lipinski definition) is 0. The molecule has 0 unspecified atom stereocenters. The summed E-state index contributed by atoms with van der Waals surface area (Å²) in [6, 6.07) is 58.4. The maximum atomic E-state index is 5.32. The molecule has 0 atom stereocenters. The fourth-order valence-corrected chi connectivity index (χ4v) is 8.22. The van der Waals surface area contributed by atoms with E-state index < -0.39 is 0 Å². The van der Waals surface area contributed by atoms with Crippen LogP contribution >= 0.6 is 0 Å². The van der Waals surface area contributed by atoms with E-state index in [1.54, 1.807) is 0 Å². The van der Waals surface area contributed by atoms with E-state index in [2.05, 4.69) is 159 Å². The first kappa shape index (κ1) is 29.5. The summed E-state index contributed by atoms with van der Waals surface area (Å²) < 4.78 is 0. The normalized spacial score (nSPS) is 13.1. The van der Waals surface area contributed by atoms with E-state index in [1.807, 2.05) is 18.2 Å². The van der Waals surface area contributed by atoms with Crippen LogP contribution in [0.4, 0.5) is 0 Å². The molecule has 0 amide bonds. The van der Waals surface area contributed by atoms with Crippen molar-refractivity contribution in [1.82, 2.24) is 15.0 Å². The van der Waals surface area contributed by atoms with Gasteiger partial charge in [0, 0.05) is 22.1 Å². The van der Waals surface area contributed by atoms with Gasteiger partial charge in [-0.2, -0.15) is 0 Å². The first-order chi connectivity index (χ1) is 25.0. The zero-order valence-electron chi connectivity index (χ0n) is 28.4. The Morgan fingerprint density at radius 2 is 0.961 bits per heavy atom. The van der Waals surface area contributed by atoms with Gasteiger partial charge < -0.3 is 0 Å². The van der Waals surface area contributed by atoms with E-state index >= 15 is 0 Å². The topological polar surface area (TPSA) is 38.7 Å². The summed E-state index contributed by atoms with van der Waals surface area (Å²) in [7, 11) is 0. The number of benzene rings is 8. The van der Waals surface area contributed by atoms with Crippen molar-refractivity contribution in [3.05, 3.63) is 175 Å². The zero-order chi connectivity index (χ0) is 34.1. The fraction of sp³-hybridized carbons (Fsp3) is 0.0625. The largest absolute Gasteiger partial charge is 0.208 e. The number of fused-ring (bicyclic) bond motifs is 7. The average Bonchev–Trinajstić information content (AvgIpc) is 3.43. The van der Waals surface area contributed by atoms with Crippen LogP contribution in [0.15, 0.2) is 164 Å². The smallest absolute Gasteiger partial charge is 0.165 e. The van der Waals surface area contributed by atoms with Gasteiger partial charge in [-0.15, -0.1) is 0 Å². The maximum Gasteiger partial charge on any atom is 0.165 e. The summed E-state index contributed by atoms with van der Waals surface area (Å²) in [5.74, 6) is 1.97. The Bertz CT molecular complexity index is 2830. The summed E-state index contributed by atoms with van der Waals surface area (Å²) in [4.78, 5) is 15.7. The Balaban J connectivity index is 1.22. The molecule has 3 heteroatoms. The van der Waals surface area contributed by atoms with Gasteiger partial charge in [0.2, 0.25) is 0 Å². The molecule has 0 radical (unpaired) electrons. The third kappa shape index (κ3) is 4.62. The van der Waals surface area contributed by atoms with E-state index in [-0.39, 0.29) is 5.41 Å². The van der Waals surface area contributed by atoms with E-state index in [0.717, 1.165) is 38.4 Å². The lowest BCUT2D eigenvalue weighted by atomic mass is 9.82. The van der Waals surface area contributed by atoms with E-state index in [0.29, 0.717) is 17.5 Å². The van der Waals surface area contributed by atoms with Crippen LogP contribution in [-0.4, -0.2) is 15.0 Å². The Kier molecular flexibility index (Phi) is 6.53. The zero-order valence-corrected chi connectivity index (χ0v) is 28.4. The summed E-state index contributed by atoms with van der Waals surface area (Å²) in [6.07, 6.45) is 0. The molecule has 3 nitrogen and oxygen atoms in total. The quantitative estimate of drug-likeness (QED) is 0.140. The van der Waals surface area contributed by atoms with Gasteiger partial charge in [0.1, 0.15) is 0 Å². The van der Waals surface area contributed by atoms with Gasteiger partial charge in [0.15, 0.2) is 17.5 Å². The van der Waals surface area contributed by atoms with Crippen molar-refractivity contribution in [3.63, 3.8) is 0 Å². The lowest BCUT2D eigenvalue weighted by Gasteiger charge is -2.21. The van der Waals surface area contributed by atoms with E-state index in [9.17, 15) is 0 Å². The molecule has 8 aromatic carbocycles. The molecule has 0 bridgehead atoms. The van der Waals surface area contributed by atoms with Crippen LogP contribution in [0.3, 0.4) is 0 Å². The molecule has 51 heavy (non-hydrogen) atoms. The van der Waals surface area contributed by atoms with Gasteiger partial charge in [-0.3, -0.25) is 0 Å². The third-order valence-electron chi connectivity index (χ3n) is 10.7. The van der Waals surface area contributed by atoms with Crippen molar-refractivity contribution in [3.8, 4) is 56.4 Å². The van der Waals surface area contributed by atoms with Crippen molar-refractivity contribution in [1.29, 1.82) is 0 Å². The predicted octanol–water partition coefficient (Wildman–Crippen LogP) is 12.3. The van der Waals surface area contributed by atoms with Crippen LogP contribution in [0.5, 0.6) is 0 Å². The summed E-state index contributed by atoms with van der Waals surface area (Å²) in [5, 5.41) is 7.01. The Hall–Kier alpha value is -6.45. The molecule has 0 spiro atoms. The van der Waals surface area contributed by atoms with Gasteiger partial charge >= 0.3 is 0 Å². The highest BCUT2D eigenvalue weighted by Gasteiger charge is 2.36. The van der Waals surface area contributed by atoms with Crippen LogP contribution in [0, 0.1) is 0 Å². The molecule has 1 aliphatic carbocycles. The second kappa shape index (κ2) is 11.3. The van der Waals surface area contributed by atoms with Gasteiger partial charge in [-0.05, 0) is 77.8 Å². The van der Waals surface area contributed by atoms with Crippen LogP contribution in [0.1, 0.15) is 25.0 Å². The Morgan fingerprint density at radius 3 is 1.82 bits per heavy atom. The summed E-state index contributed by atoms with van der Waals surface area (Å²) in [6.45, 7) is 4.66. The molecule has 0 saturated heterocycles. The van der Waals surface area contributed by atoms with Crippen molar-refractivity contribution in [2.75, 3.05) is 0 Å². The summed E-state index contributed by atoms with van der Waals surface area (Å²) in [5.41, 5.74) is 10.6. The van der Waals surface area contributed by atoms with Gasteiger partial charge in [0.25, 0.3) is 0 Å². The fourth-order valence-electron chi connectivity index (χ4n) is 8.22. The molecule has 1 aromatic heterocycles. The minimum Gasteiger partial charge on any atom is -0.208 e. The molecule has 240 valence electrons. The highest BCUT2D eigenvalue weighted by molar-refractivity contribution is 6.19. The highest BCUT2D eigenvalue weighted by atomic mass is 15.0. The minimum absolute atomic E-state index is 0.0696. The minimum atomic E-state index is -0.0696. The molecule has 1 aliphatic rings. The van der Waals surface area contributed by atoms with Crippen LogP contribution in [0.25, 0.3) is 88.7 Å². The second-order valence-corrected chi connectivity index (χ2v) is 14.0. The predicted molar refractivity (Wildman–Crippen MR) is 212 cm³/mol. The van der Waals surface area contributed by atoms with Gasteiger partial charge in [-0.1, -0.05) is 166 Å².